The van der Waals surface area contributed by atoms with Gasteiger partial charge in [0.1, 0.15) is 17.2 Å². The van der Waals surface area contributed by atoms with Crippen LogP contribution in [-0.2, 0) is 19.1 Å². The summed E-state index contributed by atoms with van der Waals surface area (Å²) in [6.07, 6.45) is 8.27. The molecule has 1 aromatic rings. The molecular weight excluding hydrogens is 390 g/mol. The molecule has 0 spiro atoms. The molecule has 2 heterocycles. The third kappa shape index (κ3) is 3.31. The van der Waals surface area contributed by atoms with Crippen molar-refractivity contribution in [1.82, 2.24) is 4.90 Å². The molecule has 29 heavy (non-hydrogen) atoms. The molecule has 0 N–H and O–H groups in total. The first-order valence-electron chi connectivity index (χ1n) is 10.6. The van der Waals surface area contributed by atoms with Gasteiger partial charge in [0.2, 0.25) is 5.91 Å². The van der Waals surface area contributed by atoms with Crippen LogP contribution in [0, 0.1) is 23.2 Å². The van der Waals surface area contributed by atoms with E-state index < -0.39 is 12.0 Å². The van der Waals surface area contributed by atoms with E-state index in [4.69, 9.17) is 9.15 Å². The number of Topliss-reactive ketones (excluding diaryl/α,β-unsaturated/α-hetero) is 1. The average molecular weight is 418 g/mol. The Labute approximate surface area is 174 Å². The first-order chi connectivity index (χ1) is 13.9. The Morgan fingerprint density at radius 1 is 1.17 bits per heavy atom. The molecule has 0 radical (unpaired) electrons. The summed E-state index contributed by atoms with van der Waals surface area (Å²) in [6.45, 7) is 1.28. The first kappa shape index (κ1) is 19.2. The molecule has 7 heteroatoms. The van der Waals surface area contributed by atoms with Gasteiger partial charge in [-0.05, 0) is 68.4 Å². The van der Waals surface area contributed by atoms with Gasteiger partial charge in [0.05, 0.1) is 6.26 Å². The molecule has 4 bridgehead atoms. The zero-order chi connectivity index (χ0) is 20.2. The van der Waals surface area contributed by atoms with E-state index in [0.29, 0.717) is 29.3 Å². The van der Waals surface area contributed by atoms with Crippen LogP contribution < -0.4 is 0 Å². The SMILES string of the molecule is CC(=O)N1[C@@H](C(=O)OCC(=O)C23CC4CC(CC(C4)C2)C3)CS[C@H]1c1ccco1. The van der Waals surface area contributed by atoms with Crippen molar-refractivity contribution >= 4 is 29.4 Å². The standard InChI is InChI=1S/C22H27NO5S/c1-13(24)23-17(12-29-20(23)18-3-2-4-27-18)21(26)28-11-19(25)22-8-14-5-15(9-22)7-16(6-14)10-22/h2-4,14-17,20H,5-12H2,1H3/t14?,15?,16?,17-,20+,22?/m1/s1. The highest BCUT2D eigenvalue weighted by Crippen LogP contribution is 2.60. The Morgan fingerprint density at radius 3 is 2.38 bits per heavy atom. The normalized spacial score (nSPS) is 37.7. The predicted molar refractivity (Wildman–Crippen MR) is 107 cm³/mol. The number of ketones is 1. The van der Waals surface area contributed by atoms with Gasteiger partial charge >= 0.3 is 5.97 Å². The van der Waals surface area contributed by atoms with E-state index in [0.717, 1.165) is 19.3 Å². The number of carbonyl (C=O) groups is 3. The summed E-state index contributed by atoms with van der Waals surface area (Å²) >= 11 is 1.48. The molecular formula is C22H27NO5S. The summed E-state index contributed by atoms with van der Waals surface area (Å²) in [7, 11) is 0. The summed E-state index contributed by atoms with van der Waals surface area (Å²) in [4.78, 5) is 39.6. The fourth-order valence-corrected chi connectivity index (χ4v) is 7.98. The van der Waals surface area contributed by atoms with Crippen LogP contribution in [0.25, 0.3) is 0 Å². The predicted octanol–water partition coefficient (Wildman–Crippen LogP) is 3.57. The van der Waals surface area contributed by atoms with E-state index >= 15 is 0 Å². The molecule has 6 rings (SSSR count). The number of carbonyl (C=O) groups excluding carboxylic acids is 3. The van der Waals surface area contributed by atoms with E-state index in [9.17, 15) is 14.4 Å². The Kier molecular flexibility index (Phi) is 4.76. The number of amides is 1. The molecule has 1 saturated heterocycles. The van der Waals surface area contributed by atoms with Crippen LogP contribution in [0.1, 0.15) is 56.6 Å². The number of nitrogens with zero attached hydrogens (tertiary/aromatic N) is 1. The third-order valence-corrected chi connectivity index (χ3v) is 8.68. The lowest BCUT2D eigenvalue weighted by Crippen LogP contribution is -2.51. The lowest BCUT2D eigenvalue weighted by Gasteiger charge is -2.55. The second kappa shape index (κ2) is 7.18. The molecule has 0 aromatic carbocycles. The summed E-state index contributed by atoms with van der Waals surface area (Å²) in [6, 6.07) is 2.89. The topological polar surface area (TPSA) is 76.8 Å². The Balaban J connectivity index is 1.24. The van der Waals surface area contributed by atoms with Crippen molar-refractivity contribution in [3.63, 3.8) is 0 Å². The minimum absolute atomic E-state index is 0.0903. The highest BCUT2D eigenvalue weighted by Gasteiger charge is 2.54. The van der Waals surface area contributed by atoms with E-state index in [1.54, 1.807) is 18.4 Å². The number of thioether (sulfide) groups is 1. The Morgan fingerprint density at radius 2 is 1.83 bits per heavy atom. The molecule has 1 aromatic heterocycles. The summed E-state index contributed by atoms with van der Waals surface area (Å²) in [5.74, 6) is 2.51. The fraction of sp³-hybridized carbons (Fsp3) is 0.682. The molecule has 6 nitrogen and oxygen atoms in total. The lowest BCUT2D eigenvalue weighted by molar-refractivity contribution is -0.162. The summed E-state index contributed by atoms with van der Waals surface area (Å²) in [5.41, 5.74) is -0.267. The molecule has 2 atom stereocenters. The maximum Gasteiger partial charge on any atom is 0.330 e. The minimum atomic E-state index is -0.684. The number of esters is 1. The Hall–Kier alpha value is -1.76. The zero-order valence-electron chi connectivity index (χ0n) is 16.7. The second-order valence-electron chi connectivity index (χ2n) is 9.37. The number of rotatable bonds is 5. The van der Waals surface area contributed by atoms with Gasteiger partial charge < -0.3 is 14.1 Å². The maximum absolute atomic E-state index is 13.1. The molecule has 5 aliphatic rings. The quantitative estimate of drug-likeness (QED) is 0.682. The van der Waals surface area contributed by atoms with Crippen molar-refractivity contribution in [3.8, 4) is 0 Å². The van der Waals surface area contributed by atoms with Crippen LogP contribution in [0.3, 0.4) is 0 Å². The molecule has 156 valence electrons. The van der Waals surface area contributed by atoms with Crippen LogP contribution >= 0.6 is 11.8 Å². The van der Waals surface area contributed by atoms with Crippen LogP contribution in [-0.4, -0.2) is 41.0 Å². The third-order valence-electron chi connectivity index (χ3n) is 7.40. The van der Waals surface area contributed by atoms with Crippen LogP contribution in [0.2, 0.25) is 0 Å². The second-order valence-corrected chi connectivity index (χ2v) is 10.5. The lowest BCUT2D eigenvalue weighted by atomic mass is 9.48. The monoisotopic (exact) mass is 417 g/mol. The Bertz CT molecular complexity index is 784. The van der Waals surface area contributed by atoms with Gasteiger partial charge in [0.25, 0.3) is 0 Å². The van der Waals surface area contributed by atoms with Gasteiger partial charge in [-0.25, -0.2) is 4.79 Å². The minimum Gasteiger partial charge on any atom is -0.466 e. The van der Waals surface area contributed by atoms with E-state index in [1.807, 2.05) is 0 Å². The summed E-state index contributed by atoms with van der Waals surface area (Å²) in [5, 5.41) is -0.334. The maximum atomic E-state index is 13.1. The van der Waals surface area contributed by atoms with Crippen LogP contribution in [0.15, 0.2) is 22.8 Å². The largest absolute Gasteiger partial charge is 0.466 e. The molecule has 1 aliphatic heterocycles. The molecule has 4 saturated carbocycles. The molecule has 4 aliphatic carbocycles. The molecule has 5 fully saturated rings. The van der Waals surface area contributed by atoms with Crippen LogP contribution in [0.5, 0.6) is 0 Å². The van der Waals surface area contributed by atoms with Crippen molar-refractivity contribution < 1.29 is 23.5 Å². The van der Waals surface area contributed by atoms with Crippen molar-refractivity contribution in [2.75, 3.05) is 12.4 Å². The van der Waals surface area contributed by atoms with Crippen molar-refractivity contribution in [2.45, 2.75) is 56.9 Å². The fourth-order valence-electron chi connectivity index (χ4n) is 6.56. The van der Waals surface area contributed by atoms with Crippen molar-refractivity contribution in [3.05, 3.63) is 24.2 Å². The van der Waals surface area contributed by atoms with Gasteiger partial charge in [-0.2, -0.15) is 0 Å². The average Bonchev–Trinajstić information content (AvgIpc) is 3.33. The van der Waals surface area contributed by atoms with Gasteiger partial charge in [-0.15, -0.1) is 11.8 Å². The highest BCUT2D eigenvalue weighted by atomic mass is 32.2. The van der Waals surface area contributed by atoms with Crippen molar-refractivity contribution in [2.24, 2.45) is 23.2 Å². The van der Waals surface area contributed by atoms with Gasteiger partial charge in [0, 0.05) is 18.1 Å². The van der Waals surface area contributed by atoms with E-state index in [-0.39, 0.29) is 29.1 Å². The van der Waals surface area contributed by atoms with Gasteiger partial charge in [-0.1, -0.05) is 0 Å². The summed E-state index contributed by atoms with van der Waals surface area (Å²) < 4.78 is 10.9. The van der Waals surface area contributed by atoms with Crippen LogP contribution in [0.4, 0.5) is 0 Å². The van der Waals surface area contributed by atoms with E-state index in [2.05, 4.69) is 0 Å². The van der Waals surface area contributed by atoms with Gasteiger partial charge in [0.15, 0.2) is 12.4 Å². The van der Waals surface area contributed by atoms with E-state index in [1.165, 1.54) is 42.8 Å². The molecule has 0 unspecified atom stereocenters. The van der Waals surface area contributed by atoms with Gasteiger partial charge in [-0.3, -0.25) is 9.59 Å². The number of ether oxygens (including phenoxy) is 1. The number of furan rings is 1. The highest BCUT2D eigenvalue weighted by molar-refractivity contribution is 7.99. The first-order valence-corrected chi connectivity index (χ1v) is 11.6. The smallest absolute Gasteiger partial charge is 0.330 e. The number of hydrogen-bond acceptors (Lipinski definition) is 6. The van der Waals surface area contributed by atoms with Crippen molar-refractivity contribution in [1.29, 1.82) is 0 Å². The zero-order valence-corrected chi connectivity index (χ0v) is 17.5. The molecule has 1 amide bonds. The number of hydrogen-bond donors (Lipinski definition) is 0.